The molecule has 0 fully saturated rings. The largest absolute Gasteiger partial charge is 0.340 e. The molecule has 1 aromatic rings. The maximum Gasteiger partial charge on any atom is 0.242 e. The van der Waals surface area contributed by atoms with Crippen LogP contribution >= 0.6 is 15.9 Å². The van der Waals surface area contributed by atoms with Crippen LogP contribution in [0.1, 0.15) is 19.4 Å². The molecule has 4 heteroatoms. The van der Waals surface area contributed by atoms with Gasteiger partial charge in [0.2, 0.25) is 5.91 Å². The lowest BCUT2D eigenvalue weighted by molar-refractivity contribution is -0.136. The summed E-state index contributed by atoms with van der Waals surface area (Å²) in [5.74, 6) is 0.0860. The lowest BCUT2D eigenvalue weighted by Gasteiger charge is -2.29. The number of carbonyl (C=O) groups excluding carboxylic acids is 1. The number of nitrogens with zero attached hydrogens (tertiary/aromatic N) is 1. The van der Waals surface area contributed by atoms with Crippen molar-refractivity contribution >= 4 is 21.8 Å². The van der Waals surface area contributed by atoms with E-state index in [2.05, 4.69) is 21.2 Å². The van der Waals surface area contributed by atoms with Crippen LogP contribution < -0.4 is 5.32 Å². The Hall–Kier alpha value is -0.870. The van der Waals surface area contributed by atoms with Crippen molar-refractivity contribution in [1.29, 1.82) is 0 Å². The van der Waals surface area contributed by atoms with E-state index in [9.17, 15) is 4.79 Å². The SMILES string of the molecule is CNC(C)(C)C(=O)N(C)Cc1ccc(Br)cc1. The van der Waals surface area contributed by atoms with Gasteiger partial charge in [0, 0.05) is 18.1 Å². The highest BCUT2D eigenvalue weighted by Gasteiger charge is 2.28. The second-order valence-corrected chi connectivity index (χ2v) is 5.58. The summed E-state index contributed by atoms with van der Waals surface area (Å²) in [6, 6.07) is 7.99. The lowest BCUT2D eigenvalue weighted by atomic mass is 10.0. The third-order valence-electron chi connectivity index (χ3n) is 2.84. The molecule has 1 aromatic carbocycles. The molecule has 94 valence electrons. The molecule has 0 aliphatic rings. The van der Waals surface area contributed by atoms with Gasteiger partial charge in [-0.1, -0.05) is 28.1 Å². The second kappa shape index (κ2) is 5.65. The Balaban J connectivity index is 2.69. The molecule has 17 heavy (non-hydrogen) atoms. The second-order valence-electron chi connectivity index (χ2n) is 4.66. The van der Waals surface area contributed by atoms with Gasteiger partial charge in [-0.05, 0) is 38.6 Å². The van der Waals surface area contributed by atoms with Crippen LogP contribution in [0.4, 0.5) is 0 Å². The first kappa shape index (κ1) is 14.2. The molecule has 0 radical (unpaired) electrons. The van der Waals surface area contributed by atoms with E-state index < -0.39 is 5.54 Å². The fourth-order valence-electron chi connectivity index (χ4n) is 1.52. The summed E-state index contributed by atoms with van der Waals surface area (Å²) in [5.41, 5.74) is 0.598. The summed E-state index contributed by atoms with van der Waals surface area (Å²) < 4.78 is 1.05. The number of rotatable bonds is 4. The predicted molar refractivity (Wildman–Crippen MR) is 73.8 cm³/mol. The smallest absolute Gasteiger partial charge is 0.242 e. The summed E-state index contributed by atoms with van der Waals surface area (Å²) in [6.45, 7) is 4.39. The molecule has 0 heterocycles. The molecule has 0 aliphatic carbocycles. The van der Waals surface area contributed by atoms with Gasteiger partial charge >= 0.3 is 0 Å². The maximum absolute atomic E-state index is 12.1. The van der Waals surface area contributed by atoms with Gasteiger partial charge in [-0.15, -0.1) is 0 Å². The van der Waals surface area contributed by atoms with Crippen molar-refractivity contribution in [2.24, 2.45) is 0 Å². The van der Waals surface area contributed by atoms with Gasteiger partial charge in [0.05, 0.1) is 5.54 Å². The van der Waals surface area contributed by atoms with E-state index in [1.54, 1.807) is 11.9 Å². The van der Waals surface area contributed by atoms with Crippen LogP contribution in [0, 0.1) is 0 Å². The van der Waals surface area contributed by atoms with Crippen molar-refractivity contribution in [3.63, 3.8) is 0 Å². The minimum atomic E-state index is -0.524. The van der Waals surface area contributed by atoms with Gasteiger partial charge < -0.3 is 10.2 Å². The van der Waals surface area contributed by atoms with E-state index in [0.717, 1.165) is 10.0 Å². The van der Waals surface area contributed by atoms with E-state index >= 15 is 0 Å². The number of hydrogen-bond donors (Lipinski definition) is 1. The van der Waals surface area contributed by atoms with E-state index in [-0.39, 0.29) is 5.91 Å². The molecule has 0 aromatic heterocycles. The molecule has 0 aliphatic heterocycles. The van der Waals surface area contributed by atoms with Crippen molar-refractivity contribution in [3.05, 3.63) is 34.3 Å². The third-order valence-corrected chi connectivity index (χ3v) is 3.37. The summed E-state index contributed by atoms with van der Waals surface area (Å²) in [6.07, 6.45) is 0. The van der Waals surface area contributed by atoms with Crippen molar-refractivity contribution in [2.45, 2.75) is 25.9 Å². The topological polar surface area (TPSA) is 32.3 Å². The first-order valence-electron chi connectivity index (χ1n) is 5.56. The summed E-state index contributed by atoms with van der Waals surface area (Å²) in [5, 5.41) is 3.02. The normalized spacial score (nSPS) is 11.4. The van der Waals surface area contributed by atoms with Gasteiger partial charge in [0.15, 0.2) is 0 Å². The Morgan fingerprint density at radius 3 is 2.35 bits per heavy atom. The predicted octanol–water partition coefficient (Wildman–Crippen LogP) is 2.41. The molecule has 1 amide bonds. The van der Waals surface area contributed by atoms with Crippen LogP contribution in [-0.4, -0.2) is 30.4 Å². The molecular formula is C13H19BrN2O. The zero-order chi connectivity index (χ0) is 13.1. The highest BCUT2D eigenvalue weighted by molar-refractivity contribution is 9.10. The first-order chi connectivity index (χ1) is 7.86. The summed E-state index contributed by atoms with van der Waals surface area (Å²) >= 11 is 3.39. The maximum atomic E-state index is 12.1. The van der Waals surface area contributed by atoms with Crippen LogP contribution in [0.15, 0.2) is 28.7 Å². The fourth-order valence-corrected chi connectivity index (χ4v) is 1.78. The number of carbonyl (C=O) groups is 1. The first-order valence-corrected chi connectivity index (χ1v) is 6.35. The minimum Gasteiger partial charge on any atom is -0.340 e. The third kappa shape index (κ3) is 3.82. The van der Waals surface area contributed by atoms with Crippen LogP contribution in [-0.2, 0) is 11.3 Å². The molecule has 0 unspecified atom stereocenters. The number of hydrogen-bond acceptors (Lipinski definition) is 2. The number of benzene rings is 1. The van der Waals surface area contributed by atoms with Gasteiger partial charge in [-0.25, -0.2) is 0 Å². The quantitative estimate of drug-likeness (QED) is 0.926. The van der Waals surface area contributed by atoms with Gasteiger partial charge in [0.25, 0.3) is 0 Å². The van der Waals surface area contributed by atoms with Crippen molar-refractivity contribution in [2.75, 3.05) is 14.1 Å². The molecular weight excluding hydrogens is 280 g/mol. The number of likely N-dealkylation sites (N-methyl/N-ethyl adjacent to an activating group) is 2. The number of halogens is 1. The van der Waals surface area contributed by atoms with Gasteiger partial charge in [-0.2, -0.15) is 0 Å². The van der Waals surface area contributed by atoms with Gasteiger partial charge in [-0.3, -0.25) is 4.79 Å². The molecule has 0 bridgehead atoms. The zero-order valence-electron chi connectivity index (χ0n) is 10.7. The molecule has 0 saturated heterocycles. The highest BCUT2D eigenvalue weighted by atomic mass is 79.9. The fraction of sp³-hybridized carbons (Fsp3) is 0.462. The van der Waals surface area contributed by atoms with Crippen LogP contribution in [0.5, 0.6) is 0 Å². The van der Waals surface area contributed by atoms with Crippen LogP contribution in [0.3, 0.4) is 0 Å². The van der Waals surface area contributed by atoms with E-state index in [0.29, 0.717) is 6.54 Å². The van der Waals surface area contributed by atoms with Crippen LogP contribution in [0.2, 0.25) is 0 Å². The Morgan fingerprint density at radius 1 is 1.35 bits per heavy atom. The van der Waals surface area contributed by atoms with Crippen LogP contribution in [0.25, 0.3) is 0 Å². The van der Waals surface area contributed by atoms with Crippen molar-refractivity contribution < 1.29 is 4.79 Å². The lowest BCUT2D eigenvalue weighted by Crippen LogP contribution is -2.51. The summed E-state index contributed by atoms with van der Waals surface area (Å²) in [7, 11) is 3.62. The standard InChI is InChI=1S/C13H19BrN2O/c1-13(2,15-3)12(17)16(4)9-10-5-7-11(14)8-6-10/h5-8,15H,9H2,1-4H3. The Bertz CT molecular complexity index is 387. The molecule has 3 nitrogen and oxygen atoms in total. The average Bonchev–Trinajstić information content (AvgIpc) is 2.31. The van der Waals surface area contributed by atoms with Gasteiger partial charge in [0.1, 0.15) is 0 Å². The van der Waals surface area contributed by atoms with Crippen molar-refractivity contribution in [1.82, 2.24) is 10.2 Å². The number of nitrogens with one attached hydrogen (secondary N) is 1. The monoisotopic (exact) mass is 298 g/mol. The molecule has 1 rings (SSSR count). The van der Waals surface area contributed by atoms with Crippen molar-refractivity contribution in [3.8, 4) is 0 Å². The molecule has 0 atom stereocenters. The molecule has 1 N–H and O–H groups in total. The Labute approximate surface area is 111 Å². The van der Waals surface area contributed by atoms with E-state index in [4.69, 9.17) is 0 Å². The average molecular weight is 299 g/mol. The molecule has 0 saturated carbocycles. The minimum absolute atomic E-state index is 0.0860. The Morgan fingerprint density at radius 2 is 1.88 bits per heavy atom. The Kier molecular flexibility index (Phi) is 4.71. The van der Waals surface area contributed by atoms with E-state index in [1.807, 2.05) is 45.2 Å². The number of amides is 1. The highest BCUT2D eigenvalue weighted by Crippen LogP contribution is 2.13. The summed E-state index contributed by atoms with van der Waals surface area (Å²) in [4.78, 5) is 13.9. The zero-order valence-corrected chi connectivity index (χ0v) is 12.3. The molecule has 0 spiro atoms. The van der Waals surface area contributed by atoms with E-state index in [1.165, 1.54) is 0 Å².